The van der Waals surface area contributed by atoms with E-state index in [2.05, 4.69) is 29.0 Å². The van der Waals surface area contributed by atoms with E-state index in [4.69, 9.17) is 4.74 Å². The van der Waals surface area contributed by atoms with Crippen LogP contribution in [0.25, 0.3) is 0 Å². The Labute approximate surface area is 147 Å². The summed E-state index contributed by atoms with van der Waals surface area (Å²) in [5.41, 5.74) is 0. The average molecular weight is 348 g/mol. The van der Waals surface area contributed by atoms with Crippen LogP contribution < -0.4 is 5.32 Å². The predicted octanol–water partition coefficient (Wildman–Crippen LogP) is 1.76. The zero-order valence-electron chi connectivity index (χ0n) is 14.9. The van der Waals surface area contributed by atoms with Crippen LogP contribution in [0.5, 0.6) is 0 Å². The minimum absolute atomic E-state index is 0. The zero-order chi connectivity index (χ0) is 15.9. The zero-order valence-corrected chi connectivity index (χ0v) is 15.7. The molecule has 1 N–H and O–H groups in total. The number of piperazine rings is 1. The number of carbonyl (C=O) groups is 1. The number of carbonyl (C=O) groups excluding carboxylic acids is 1. The highest BCUT2D eigenvalue weighted by Crippen LogP contribution is 2.22. The fourth-order valence-corrected chi connectivity index (χ4v) is 3.82. The Morgan fingerprint density at radius 1 is 1.35 bits per heavy atom. The van der Waals surface area contributed by atoms with Crippen molar-refractivity contribution in [3.8, 4) is 0 Å². The number of methoxy groups -OCH3 is 1. The summed E-state index contributed by atoms with van der Waals surface area (Å²) >= 11 is 0. The van der Waals surface area contributed by atoms with Crippen LogP contribution in [0.15, 0.2) is 0 Å². The number of nitrogens with one attached hydrogen (secondary N) is 1. The number of hydrogen-bond acceptors (Lipinski definition) is 4. The van der Waals surface area contributed by atoms with Crippen molar-refractivity contribution in [1.29, 1.82) is 0 Å². The molecule has 2 rings (SSSR count). The first-order chi connectivity index (χ1) is 10.7. The summed E-state index contributed by atoms with van der Waals surface area (Å²) < 4.78 is 5.22. The van der Waals surface area contributed by atoms with Gasteiger partial charge in [-0.05, 0) is 32.7 Å². The molecule has 0 aromatic rings. The van der Waals surface area contributed by atoms with Crippen LogP contribution in [0.1, 0.15) is 39.5 Å². The van der Waals surface area contributed by atoms with Gasteiger partial charge in [-0.1, -0.05) is 13.3 Å². The van der Waals surface area contributed by atoms with Crippen LogP contribution in [0.4, 0.5) is 0 Å². The van der Waals surface area contributed by atoms with Crippen molar-refractivity contribution in [1.82, 2.24) is 15.1 Å². The smallest absolute Gasteiger partial charge is 0.225 e. The van der Waals surface area contributed by atoms with Gasteiger partial charge in [0.15, 0.2) is 0 Å². The Bertz CT molecular complexity index is 357. The molecule has 0 radical (unpaired) electrons. The summed E-state index contributed by atoms with van der Waals surface area (Å²) in [6.07, 6.45) is 4.31. The fraction of sp³-hybridized carbons (Fsp3) is 0.941. The van der Waals surface area contributed by atoms with Crippen LogP contribution in [0.2, 0.25) is 0 Å². The van der Waals surface area contributed by atoms with E-state index in [0.29, 0.717) is 18.0 Å². The third-order valence-corrected chi connectivity index (χ3v) is 5.09. The van der Waals surface area contributed by atoms with E-state index < -0.39 is 0 Å². The Hall–Kier alpha value is -0.360. The normalized spacial score (nSPS) is 29.2. The van der Waals surface area contributed by atoms with Crippen LogP contribution in [-0.2, 0) is 9.53 Å². The first kappa shape index (κ1) is 20.7. The molecule has 2 fully saturated rings. The molecular weight excluding hydrogens is 314 g/mol. The van der Waals surface area contributed by atoms with E-state index in [9.17, 15) is 4.79 Å². The highest BCUT2D eigenvalue weighted by Gasteiger charge is 2.33. The summed E-state index contributed by atoms with van der Waals surface area (Å²) in [4.78, 5) is 17.5. The van der Waals surface area contributed by atoms with Gasteiger partial charge in [0, 0.05) is 51.3 Å². The molecule has 2 heterocycles. The molecule has 0 aromatic carbocycles. The monoisotopic (exact) mass is 347 g/mol. The number of amides is 1. The highest BCUT2D eigenvalue weighted by molar-refractivity contribution is 5.85. The predicted molar refractivity (Wildman–Crippen MR) is 96.2 cm³/mol. The maximum Gasteiger partial charge on any atom is 0.225 e. The van der Waals surface area contributed by atoms with E-state index in [1.807, 2.05) is 0 Å². The van der Waals surface area contributed by atoms with Crippen LogP contribution in [0.3, 0.4) is 0 Å². The van der Waals surface area contributed by atoms with E-state index in [-0.39, 0.29) is 18.3 Å². The molecule has 0 aromatic heterocycles. The third-order valence-electron chi connectivity index (χ3n) is 5.09. The molecule has 1 amide bonds. The molecule has 5 nitrogen and oxygen atoms in total. The molecule has 0 spiro atoms. The largest absolute Gasteiger partial charge is 0.383 e. The summed E-state index contributed by atoms with van der Waals surface area (Å²) in [5.74, 6) is 0.616. The van der Waals surface area contributed by atoms with Crippen molar-refractivity contribution < 1.29 is 9.53 Å². The molecule has 0 aliphatic carbocycles. The number of nitrogens with zero attached hydrogens (tertiary/aromatic N) is 2. The van der Waals surface area contributed by atoms with Crippen molar-refractivity contribution in [2.45, 2.75) is 51.6 Å². The number of ether oxygens (including phenoxy) is 1. The highest BCUT2D eigenvalue weighted by atomic mass is 35.5. The second-order valence-electron chi connectivity index (χ2n) is 6.83. The Kier molecular flexibility index (Phi) is 9.44. The first-order valence-electron chi connectivity index (χ1n) is 8.90. The summed E-state index contributed by atoms with van der Waals surface area (Å²) in [6.45, 7) is 9.90. The second kappa shape index (κ2) is 10.5. The van der Waals surface area contributed by atoms with Gasteiger partial charge in [-0.2, -0.15) is 0 Å². The van der Waals surface area contributed by atoms with Gasteiger partial charge in [0.05, 0.1) is 6.61 Å². The van der Waals surface area contributed by atoms with Gasteiger partial charge in [0.1, 0.15) is 0 Å². The average Bonchev–Trinajstić information content (AvgIpc) is 2.53. The van der Waals surface area contributed by atoms with E-state index in [1.54, 1.807) is 7.11 Å². The van der Waals surface area contributed by atoms with Crippen LogP contribution in [-0.4, -0.2) is 74.2 Å². The SMILES string of the molecule is CCCC1CN(C(=O)[C@H]2CCN[C@@H](C)C2)CCN1CCOC.Cl. The van der Waals surface area contributed by atoms with Crippen molar-refractivity contribution in [3.63, 3.8) is 0 Å². The minimum Gasteiger partial charge on any atom is -0.383 e. The van der Waals surface area contributed by atoms with Gasteiger partial charge >= 0.3 is 0 Å². The number of halogens is 1. The molecule has 0 bridgehead atoms. The first-order valence-corrected chi connectivity index (χ1v) is 8.90. The lowest BCUT2D eigenvalue weighted by molar-refractivity contribution is -0.140. The molecule has 0 saturated carbocycles. The number of piperidine rings is 1. The summed E-state index contributed by atoms with van der Waals surface area (Å²) in [6, 6.07) is 0.967. The summed E-state index contributed by atoms with van der Waals surface area (Å²) in [7, 11) is 1.76. The maximum atomic E-state index is 12.8. The third kappa shape index (κ3) is 5.89. The lowest BCUT2D eigenvalue weighted by Gasteiger charge is -2.43. The van der Waals surface area contributed by atoms with E-state index in [1.165, 1.54) is 6.42 Å². The van der Waals surface area contributed by atoms with Gasteiger partial charge in [-0.15, -0.1) is 12.4 Å². The topological polar surface area (TPSA) is 44.8 Å². The molecule has 2 aliphatic rings. The Balaban J connectivity index is 0.00000264. The lowest BCUT2D eigenvalue weighted by atomic mass is 9.91. The van der Waals surface area contributed by atoms with Gasteiger partial charge in [0.25, 0.3) is 0 Å². The number of rotatable bonds is 6. The fourth-order valence-electron chi connectivity index (χ4n) is 3.82. The molecule has 136 valence electrons. The Morgan fingerprint density at radius 2 is 2.13 bits per heavy atom. The molecule has 3 atom stereocenters. The minimum atomic E-state index is 0. The van der Waals surface area contributed by atoms with Crippen molar-refractivity contribution in [2.24, 2.45) is 5.92 Å². The van der Waals surface area contributed by atoms with E-state index in [0.717, 1.165) is 58.6 Å². The van der Waals surface area contributed by atoms with Crippen LogP contribution >= 0.6 is 12.4 Å². The number of hydrogen-bond donors (Lipinski definition) is 1. The van der Waals surface area contributed by atoms with Gasteiger partial charge in [-0.25, -0.2) is 0 Å². The van der Waals surface area contributed by atoms with Crippen molar-refractivity contribution in [3.05, 3.63) is 0 Å². The summed E-state index contributed by atoms with van der Waals surface area (Å²) in [5, 5.41) is 3.44. The molecule has 2 aliphatic heterocycles. The molecule has 23 heavy (non-hydrogen) atoms. The second-order valence-corrected chi connectivity index (χ2v) is 6.83. The van der Waals surface area contributed by atoms with Crippen molar-refractivity contribution in [2.75, 3.05) is 46.4 Å². The molecular formula is C17H34ClN3O2. The van der Waals surface area contributed by atoms with E-state index >= 15 is 0 Å². The molecule has 6 heteroatoms. The van der Waals surface area contributed by atoms with Crippen molar-refractivity contribution >= 4 is 18.3 Å². The quantitative estimate of drug-likeness (QED) is 0.795. The standard InChI is InChI=1S/C17H33N3O2.ClH/c1-4-5-16-13-20(9-8-19(16)10-11-22-3)17(21)15-6-7-18-14(2)12-15;/h14-16,18H,4-13H2,1-3H3;1H/t14-,15-,16?;/m0./s1. The van der Waals surface area contributed by atoms with Gasteiger partial charge in [-0.3, -0.25) is 9.69 Å². The maximum absolute atomic E-state index is 12.8. The van der Waals surface area contributed by atoms with Gasteiger partial charge in [0.2, 0.25) is 5.91 Å². The van der Waals surface area contributed by atoms with Gasteiger partial charge < -0.3 is 15.0 Å². The van der Waals surface area contributed by atoms with Crippen LogP contribution in [0, 0.1) is 5.92 Å². The Morgan fingerprint density at radius 3 is 2.78 bits per heavy atom. The molecule has 1 unspecified atom stereocenters. The lowest BCUT2D eigenvalue weighted by Crippen LogP contribution is -2.57. The molecule has 2 saturated heterocycles.